The summed E-state index contributed by atoms with van der Waals surface area (Å²) < 4.78 is 11.2. The quantitative estimate of drug-likeness (QED) is 0.676. The van der Waals surface area contributed by atoms with E-state index in [4.69, 9.17) is 15.2 Å². The third kappa shape index (κ3) is 3.40. The van der Waals surface area contributed by atoms with Crippen molar-refractivity contribution in [2.45, 2.75) is 12.5 Å². The second kappa shape index (κ2) is 7.67. The molecule has 2 amide bonds. The maximum Gasteiger partial charge on any atom is 0.342 e. The molecule has 0 aliphatic carbocycles. The van der Waals surface area contributed by atoms with E-state index in [1.54, 1.807) is 30.3 Å². The van der Waals surface area contributed by atoms with Gasteiger partial charge in [0, 0.05) is 12.0 Å². The Balaban J connectivity index is 1.79. The fraction of sp³-hybridized carbons (Fsp3) is 0.130. The molecule has 0 bridgehead atoms. The van der Waals surface area contributed by atoms with Crippen molar-refractivity contribution in [3.63, 3.8) is 0 Å². The van der Waals surface area contributed by atoms with Gasteiger partial charge in [-0.15, -0.1) is 0 Å². The summed E-state index contributed by atoms with van der Waals surface area (Å²) in [7, 11) is 1.51. The summed E-state index contributed by atoms with van der Waals surface area (Å²) in [6.07, 6.45) is -0.174. The fourth-order valence-corrected chi connectivity index (χ4v) is 3.65. The maximum atomic E-state index is 12.9. The number of rotatable bonds is 3. The monoisotopic (exact) mass is 388 g/mol. The summed E-state index contributed by atoms with van der Waals surface area (Å²) in [5.41, 5.74) is 8.91. The number of ether oxygens (including phenoxy) is 2. The van der Waals surface area contributed by atoms with E-state index in [9.17, 15) is 9.59 Å². The molecule has 0 spiro atoms. The Labute approximate surface area is 168 Å². The summed E-state index contributed by atoms with van der Waals surface area (Å²) >= 11 is 0. The number of carbonyl (C=O) groups is 2. The number of methoxy groups -OCH3 is 1. The summed E-state index contributed by atoms with van der Waals surface area (Å²) in [5, 5.41) is 0. The number of hydrogen-bond donors (Lipinski definition) is 1. The first-order chi connectivity index (χ1) is 14.1. The summed E-state index contributed by atoms with van der Waals surface area (Å²) in [5.74, 6) is -0.0502. The van der Waals surface area contributed by atoms with Gasteiger partial charge in [-0.1, -0.05) is 48.5 Å². The van der Waals surface area contributed by atoms with Crippen LogP contribution in [0.15, 0.2) is 72.8 Å². The van der Waals surface area contributed by atoms with E-state index in [0.717, 1.165) is 5.56 Å². The number of hydrogen-bond acceptors (Lipinski definition) is 4. The minimum Gasteiger partial charge on any atom is -0.496 e. The van der Waals surface area contributed by atoms with E-state index in [-0.39, 0.29) is 0 Å². The fourth-order valence-electron chi connectivity index (χ4n) is 3.65. The zero-order valence-electron chi connectivity index (χ0n) is 15.9. The lowest BCUT2D eigenvalue weighted by Gasteiger charge is -2.23. The highest BCUT2D eigenvalue weighted by Gasteiger charge is 2.31. The lowest BCUT2D eigenvalue weighted by molar-refractivity contribution is 0.0297. The van der Waals surface area contributed by atoms with Crippen molar-refractivity contribution in [2.24, 2.45) is 5.73 Å². The first-order valence-corrected chi connectivity index (χ1v) is 9.20. The zero-order valence-corrected chi connectivity index (χ0v) is 15.9. The van der Waals surface area contributed by atoms with Crippen LogP contribution in [0.5, 0.6) is 5.75 Å². The first kappa shape index (κ1) is 18.6. The Morgan fingerprint density at radius 2 is 1.59 bits per heavy atom. The van der Waals surface area contributed by atoms with Crippen LogP contribution in [-0.4, -0.2) is 19.1 Å². The predicted molar refractivity (Wildman–Crippen MR) is 109 cm³/mol. The molecule has 29 heavy (non-hydrogen) atoms. The van der Waals surface area contributed by atoms with E-state index in [0.29, 0.717) is 34.7 Å². The molecule has 4 rings (SSSR count). The number of fused-ring (bicyclic) bond motifs is 2. The Bertz CT molecular complexity index is 1080. The summed E-state index contributed by atoms with van der Waals surface area (Å²) in [6.45, 7) is 0. The van der Waals surface area contributed by atoms with Crippen LogP contribution in [0.3, 0.4) is 0 Å². The minimum absolute atomic E-state index is 0.344. The third-order valence-corrected chi connectivity index (χ3v) is 4.96. The molecular weight excluding hydrogens is 368 g/mol. The molecule has 0 saturated carbocycles. The minimum atomic E-state index is -0.596. The van der Waals surface area contributed by atoms with Crippen LogP contribution in [-0.2, 0) is 11.2 Å². The van der Waals surface area contributed by atoms with Crippen molar-refractivity contribution in [1.82, 2.24) is 0 Å². The smallest absolute Gasteiger partial charge is 0.342 e. The molecule has 3 aromatic rings. The molecular formula is C23H20N2O4. The molecule has 0 saturated heterocycles. The largest absolute Gasteiger partial charge is 0.496 e. The van der Waals surface area contributed by atoms with Crippen molar-refractivity contribution < 1.29 is 19.1 Å². The Kier molecular flexibility index (Phi) is 4.91. The van der Waals surface area contributed by atoms with Crippen LogP contribution in [0.4, 0.5) is 16.2 Å². The van der Waals surface area contributed by atoms with E-state index in [2.05, 4.69) is 0 Å². The highest BCUT2D eigenvalue weighted by Crippen LogP contribution is 2.41. The number of benzene rings is 3. The molecule has 0 unspecified atom stereocenters. The van der Waals surface area contributed by atoms with Crippen LogP contribution < -0.4 is 15.4 Å². The Hall–Kier alpha value is -3.80. The van der Waals surface area contributed by atoms with E-state index >= 15 is 0 Å². The van der Waals surface area contributed by atoms with E-state index in [1.807, 2.05) is 42.5 Å². The van der Waals surface area contributed by atoms with Crippen molar-refractivity contribution >= 4 is 23.4 Å². The van der Waals surface area contributed by atoms with Gasteiger partial charge in [-0.05, 0) is 29.8 Å². The van der Waals surface area contributed by atoms with Gasteiger partial charge in [0.25, 0.3) is 0 Å². The van der Waals surface area contributed by atoms with Gasteiger partial charge in [-0.2, -0.15) is 0 Å². The van der Waals surface area contributed by atoms with Gasteiger partial charge in [-0.3, -0.25) is 4.90 Å². The second-order valence-corrected chi connectivity index (χ2v) is 6.66. The van der Waals surface area contributed by atoms with Crippen LogP contribution in [0, 0.1) is 0 Å². The number of nitrogens with zero attached hydrogens (tertiary/aromatic N) is 1. The molecule has 6 heteroatoms. The van der Waals surface area contributed by atoms with Crippen LogP contribution in [0.1, 0.15) is 27.6 Å². The molecule has 1 aliphatic heterocycles. The predicted octanol–water partition coefficient (Wildman–Crippen LogP) is 4.37. The zero-order chi connectivity index (χ0) is 20.4. The average Bonchev–Trinajstić information content (AvgIpc) is 2.88. The molecule has 1 aliphatic rings. The van der Waals surface area contributed by atoms with Crippen molar-refractivity contribution in [3.05, 3.63) is 89.5 Å². The topological polar surface area (TPSA) is 81.9 Å². The second-order valence-electron chi connectivity index (χ2n) is 6.66. The number of urea groups is 1. The number of esters is 1. The summed E-state index contributed by atoms with van der Waals surface area (Å²) in [6, 6.07) is 21.1. The van der Waals surface area contributed by atoms with Crippen molar-refractivity contribution in [1.29, 1.82) is 0 Å². The molecule has 1 heterocycles. The maximum absolute atomic E-state index is 12.9. The average molecular weight is 388 g/mol. The third-order valence-electron chi connectivity index (χ3n) is 4.96. The molecule has 0 aromatic heterocycles. The standard InChI is InChI=1S/C23H20N2O4/c1-28-20-13-7-4-10-17(20)22(26)29-21-14-15-8-2-5-11-18(15)25(23(24)27)19-12-6-3-9-16(19)21/h2-13,21H,14H2,1H3,(H2,24,27)/t21-/m0/s1. The van der Waals surface area contributed by atoms with Gasteiger partial charge < -0.3 is 15.2 Å². The number of carbonyl (C=O) groups excluding carboxylic acids is 2. The number of para-hydroxylation sites is 3. The SMILES string of the molecule is COc1ccccc1C(=O)O[C@H]1Cc2ccccc2N(C(N)=O)c2ccccc21. The summed E-state index contributed by atoms with van der Waals surface area (Å²) in [4.78, 5) is 26.7. The number of nitrogens with two attached hydrogens (primary N) is 1. The molecule has 146 valence electrons. The molecule has 0 radical (unpaired) electrons. The van der Waals surface area contributed by atoms with Gasteiger partial charge in [0.1, 0.15) is 17.4 Å². The van der Waals surface area contributed by atoms with Gasteiger partial charge in [0.15, 0.2) is 0 Å². The molecule has 0 fully saturated rings. The Morgan fingerprint density at radius 3 is 2.34 bits per heavy atom. The van der Waals surface area contributed by atoms with Crippen LogP contribution >= 0.6 is 0 Å². The van der Waals surface area contributed by atoms with E-state index < -0.39 is 18.1 Å². The van der Waals surface area contributed by atoms with Crippen LogP contribution in [0.25, 0.3) is 0 Å². The molecule has 1 atom stereocenters. The Morgan fingerprint density at radius 1 is 0.931 bits per heavy atom. The van der Waals surface area contributed by atoms with Gasteiger partial charge >= 0.3 is 12.0 Å². The number of primary amides is 1. The van der Waals surface area contributed by atoms with E-state index in [1.165, 1.54) is 12.0 Å². The van der Waals surface area contributed by atoms with Crippen molar-refractivity contribution in [2.75, 3.05) is 12.0 Å². The lowest BCUT2D eigenvalue weighted by atomic mass is 10.0. The molecule has 6 nitrogen and oxygen atoms in total. The van der Waals surface area contributed by atoms with Crippen LogP contribution in [0.2, 0.25) is 0 Å². The van der Waals surface area contributed by atoms with Gasteiger partial charge in [-0.25, -0.2) is 9.59 Å². The first-order valence-electron chi connectivity index (χ1n) is 9.20. The normalized spacial score (nSPS) is 14.9. The van der Waals surface area contributed by atoms with Gasteiger partial charge in [0.2, 0.25) is 0 Å². The highest BCUT2D eigenvalue weighted by atomic mass is 16.5. The molecule has 3 aromatic carbocycles. The lowest BCUT2D eigenvalue weighted by Crippen LogP contribution is -2.32. The highest BCUT2D eigenvalue weighted by molar-refractivity contribution is 6.00. The van der Waals surface area contributed by atoms with Gasteiger partial charge in [0.05, 0.1) is 18.5 Å². The number of amides is 2. The molecule has 2 N–H and O–H groups in total. The number of anilines is 2. The van der Waals surface area contributed by atoms with Crippen molar-refractivity contribution in [3.8, 4) is 5.75 Å².